The summed E-state index contributed by atoms with van der Waals surface area (Å²) in [5.41, 5.74) is 4.77. The third-order valence-electron chi connectivity index (χ3n) is 4.75. The summed E-state index contributed by atoms with van der Waals surface area (Å²) >= 11 is 5.59. The lowest BCUT2D eigenvalue weighted by molar-refractivity contribution is -0.909. The minimum atomic E-state index is 0.175. The van der Waals surface area contributed by atoms with Crippen LogP contribution in [0.2, 0.25) is 0 Å². The molecule has 1 aliphatic rings. The van der Waals surface area contributed by atoms with Crippen LogP contribution in [-0.2, 0) is 4.74 Å². The number of ether oxygens (including phenoxy) is 1. The molecule has 2 aromatic carbocycles. The fourth-order valence-corrected chi connectivity index (χ4v) is 3.51. The molecule has 1 saturated heterocycles. The number of hydrogen-bond acceptors (Lipinski definition) is 2. The van der Waals surface area contributed by atoms with Gasteiger partial charge in [0.15, 0.2) is 5.11 Å². The molecule has 0 aromatic heterocycles. The van der Waals surface area contributed by atoms with E-state index in [1.807, 2.05) is 12.1 Å². The van der Waals surface area contributed by atoms with Crippen LogP contribution in [0.15, 0.2) is 48.5 Å². The van der Waals surface area contributed by atoms with Gasteiger partial charge in [0, 0.05) is 5.69 Å². The maximum absolute atomic E-state index is 5.59. The van der Waals surface area contributed by atoms with Gasteiger partial charge in [0.05, 0.1) is 13.2 Å². The summed E-state index contributed by atoms with van der Waals surface area (Å²) in [5.74, 6) is 0. The van der Waals surface area contributed by atoms with Crippen LogP contribution in [0.1, 0.15) is 22.7 Å². The Kier molecular flexibility index (Phi) is 6.61. The van der Waals surface area contributed by atoms with Crippen LogP contribution in [0.5, 0.6) is 0 Å². The molecule has 1 atom stereocenters. The summed E-state index contributed by atoms with van der Waals surface area (Å²) in [6.07, 6.45) is 0. The van der Waals surface area contributed by atoms with E-state index in [0.717, 1.165) is 38.5 Å². The van der Waals surface area contributed by atoms with E-state index >= 15 is 0 Å². The highest BCUT2D eigenvalue weighted by molar-refractivity contribution is 7.80. The minimum Gasteiger partial charge on any atom is -0.370 e. The quantitative estimate of drug-likeness (QED) is 0.706. The van der Waals surface area contributed by atoms with E-state index in [4.69, 9.17) is 17.0 Å². The second-order valence-electron chi connectivity index (χ2n) is 7.00. The van der Waals surface area contributed by atoms with Gasteiger partial charge in [-0.15, -0.1) is 0 Å². The molecule has 0 unspecified atom stereocenters. The van der Waals surface area contributed by atoms with Gasteiger partial charge >= 0.3 is 0 Å². The van der Waals surface area contributed by atoms with Gasteiger partial charge in [-0.1, -0.05) is 42.0 Å². The van der Waals surface area contributed by atoms with Crippen molar-refractivity contribution in [1.29, 1.82) is 0 Å². The predicted octanol–water partition coefficient (Wildman–Crippen LogP) is 2.25. The Morgan fingerprint density at radius 3 is 2.50 bits per heavy atom. The van der Waals surface area contributed by atoms with Crippen LogP contribution in [0.3, 0.4) is 0 Å². The van der Waals surface area contributed by atoms with Crippen molar-refractivity contribution in [2.75, 3.05) is 38.2 Å². The molecule has 0 spiro atoms. The van der Waals surface area contributed by atoms with Crippen molar-refractivity contribution in [3.05, 3.63) is 65.2 Å². The van der Waals surface area contributed by atoms with Crippen molar-refractivity contribution >= 4 is 23.0 Å². The number of hydrogen-bond donors (Lipinski definition) is 3. The van der Waals surface area contributed by atoms with E-state index in [9.17, 15) is 0 Å². The Hall–Kier alpha value is -1.95. The molecule has 0 amide bonds. The molecule has 5 heteroatoms. The number of anilines is 1. The number of morpholine rings is 1. The Morgan fingerprint density at radius 2 is 1.81 bits per heavy atom. The summed E-state index contributed by atoms with van der Waals surface area (Å²) in [6, 6.07) is 17.1. The minimum absolute atomic E-state index is 0.175. The molecule has 3 N–H and O–H groups in total. The van der Waals surface area contributed by atoms with Crippen LogP contribution in [-0.4, -0.2) is 38.0 Å². The molecule has 0 saturated carbocycles. The van der Waals surface area contributed by atoms with Crippen LogP contribution in [0.25, 0.3) is 0 Å². The lowest BCUT2D eigenvalue weighted by Gasteiger charge is -2.29. The fourth-order valence-electron chi connectivity index (χ4n) is 3.25. The Balaban J connectivity index is 1.69. The summed E-state index contributed by atoms with van der Waals surface area (Å²) in [6.45, 7) is 8.94. The summed E-state index contributed by atoms with van der Waals surface area (Å²) in [5, 5.41) is 7.51. The van der Waals surface area contributed by atoms with Gasteiger partial charge < -0.3 is 20.3 Å². The van der Waals surface area contributed by atoms with Crippen molar-refractivity contribution < 1.29 is 9.64 Å². The van der Waals surface area contributed by atoms with E-state index in [1.54, 1.807) is 4.90 Å². The van der Waals surface area contributed by atoms with Gasteiger partial charge in [0.2, 0.25) is 0 Å². The molecular formula is C21H28N3OS+. The predicted molar refractivity (Wildman–Crippen MR) is 111 cm³/mol. The van der Waals surface area contributed by atoms with Crippen LogP contribution in [0, 0.1) is 13.8 Å². The number of nitrogens with one attached hydrogen (secondary N) is 3. The number of rotatable bonds is 5. The molecule has 26 heavy (non-hydrogen) atoms. The van der Waals surface area contributed by atoms with Gasteiger partial charge in [-0.25, -0.2) is 0 Å². The van der Waals surface area contributed by atoms with E-state index in [2.05, 4.69) is 60.9 Å². The Morgan fingerprint density at radius 1 is 1.08 bits per heavy atom. The zero-order valence-corrected chi connectivity index (χ0v) is 16.4. The summed E-state index contributed by atoms with van der Waals surface area (Å²) in [4.78, 5) is 1.55. The number of benzene rings is 2. The van der Waals surface area contributed by atoms with Crippen molar-refractivity contribution in [3.63, 3.8) is 0 Å². The zero-order valence-electron chi connectivity index (χ0n) is 15.5. The summed E-state index contributed by atoms with van der Waals surface area (Å²) < 4.78 is 5.49. The second kappa shape index (κ2) is 9.12. The average molecular weight is 371 g/mol. The highest BCUT2D eigenvalue weighted by Gasteiger charge is 2.22. The van der Waals surface area contributed by atoms with Crippen molar-refractivity contribution in [2.24, 2.45) is 0 Å². The zero-order chi connectivity index (χ0) is 18.4. The number of aryl methyl sites for hydroxylation is 2. The first-order valence-electron chi connectivity index (χ1n) is 9.22. The maximum Gasteiger partial charge on any atom is 0.171 e. The Bertz CT molecular complexity index is 726. The third-order valence-corrected chi connectivity index (χ3v) is 4.97. The molecule has 1 aliphatic heterocycles. The maximum atomic E-state index is 5.59. The lowest BCUT2D eigenvalue weighted by Crippen LogP contribution is -3.14. The highest BCUT2D eigenvalue weighted by Crippen LogP contribution is 2.14. The number of quaternary nitrogens is 1. The first kappa shape index (κ1) is 18.8. The van der Waals surface area contributed by atoms with E-state index in [-0.39, 0.29) is 6.04 Å². The van der Waals surface area contributed by atoms with Crippen molar-refractivity contribution in [1.82, 2.24) is 5.32 Å². The first-order chi connectivity index (χ1) is 12.6. The largest absolute Gasteiger partial charge is 0.370 e. The normalized spacial score (nSPS) is 16.1. The van der Waals surface area contributed by atoms with Crippen LogP contribution >= 0.6 is 12.2 Å². The van der Waals surface area contributed by atoms with Crippen molar-refractivity contribution in [3.8, 4) is 0 Å². The SMILES string of the molecule is Cc1ccc([C@@H](C[NH+]2CCOCC2)NC(=S)Nc2cccc(C)c2)cc1. The molecule has 2 aromatic rings. The number of thiocarbonyl (C=S) groups is 1. The standard InChI is InChI=1S/C21H27N3OS/c1-16-6-8-18(9-7-16)20(15-24-10-12-25-13-11-24)23-21(26)22-19-5-3-4-17(2)14-19/h3-9,14,20H,10-13,15H2,1-2H3,(H2,22,23,26)/p+1/t20-/m1/s1. The first-order valence-corrected chi connectivity index (χ1v) is 9.63. The average Bonchev–Trinajstić information content (AvgIpc) is 2.63. The van der Waals surface area contributed by atoms with Gasteiger partial charge in [0.1, 0.15) is 25.7 Å². The van der Waals surface area contributed by atoms with Crippen LogP contribution < -0.4 is 15.5 Å². The smallest absolute Gasteiger partial charge is 0.171 e. The molecule has 1 fully saturated rings. The van der Waals surface area contributed by atoms with E-state index in [0.29, 0.717) is 5.11 Å². The second-order valence-corrected chi connectivity index (χ2v) is 7.41. The fraction of sp³-hybridized carbons (Fsp3) is 0.381. The Labute approximate surface area is 161 Å². The molecular weight excluding hydrogens is 342 g/mol. The lowest BCUT2D eigenvalue weighted by atomic mass is 10.0. The molecule has 138 valence electrons. The highest BCUT2D eigenvalue weighted by atomic mass is 32.1. The van der Waals surface area contributed by atoms with Gasteiger partial charge in [-0.2, -0.15) is 0 Å². The monoisotopic (exact) mass is 370 g/mol. The molecule has 3 rings (SSSR count). The molecule has 0 bridgehead atoms. The molecule has 1 heterocycles. The topological polar surface area (TPSA) is 37.7 Å². The van der Waals surface area contributed by atoms with E-state index in [1.165, 1.54) is 16.7 Å². The van der Waals surface area contributed by atoms with Gasteiger partial charge in [-0.05, 0) is 49.3 Å². The van der Waals surface area contributed by atoms with Crippen molar-refractivity contribution in [2.45, 2.75) is 19.9 Å². The molecule has 0 aliphatic carbocycles. The summed E-state index contributed by atoms with van der Waals surface area (Å²) in [7, 11) is 0. The molecule has 0 radical (unpaired) electrons. The van der Waals surface area contributed by atoms with Gasteiger partial charge in [-0.3, -0.25) is 0 Å². The van der Waals surface area contributed by atoms with Gasteiger partial charge in [0.25, 0.3) is 0 Å². The van der Waals surface area contributed by atoms with Crippen LogP contribution in [0.4, 0.5) is 5.69 Å². The third kappa shape index (κ3) is 5.53. The molecule has 4 nitrogen and oxygen atoms in total. The van der Waals surface area contributed by atoms with E-state index < -0.39 is 0 Å².